The van der Waals surface area contributed by atoms with Gasteiger partial charge in [-0.2, -0.15) is 0 Å². The number of aliphatic hydroxyl groups is 2. The smallest absolute Gasteiger partial charge is 0.129 e. The van der Waals surface area contributed by atoms with Crippen LogP contribution in [0.5, 0.6) is 5.75 Å². The van der Waals surface area contributed by atoms with Crippen LogP contribution >= 0.6 is 11.6 Å². The van der Waals surface area contributed by atoms with Crippen molar-refractivity contribution in [1.29, 1.82) is 0 Å². The van der Waals surface area contributed by atoms with Crippen molar-refractivity contribution >= 4 is 11.6 Å². The Labute approximate surface area is 188 Å². The van der Waals surface area contributed by atoms with Gasteiger partial charge in [0.2, 0.25) is 0 Å². The molecule has 0 radical (unpaired) electrons. The Morgan fingerprint density at radius 3 is 1.94 bits per heavy atom. The lowest BCUT2D eigenvalue weighted by molar-refractivity contribution is 0.110. The third-order valence-corrected chi connectivity index (χ3v) is 6.31. The molecule has 5 N–H and O–H groups in total. The fourth-order valence-corrected chi connectivity index (χ4v) is 4.49. The Morgan fingerprint density at radius 2 is 1.42 bits per heavy atom. The average molecular weight is 451 g/mol. The molecule has 0 amide bonds. The first-order chi connectivity index (χ1) is 15.0. The molecule has 2 aromatic rings. The molecule has 0 aromatic heterocycles. The third-order valence-electron chi connectivity index (χ3n) is 5.99. The lowest BCUT2D eigenvalue weighted by atomic mass is 9.95. The fraction of sp³-hybridized carbons (Fsp3) is 0.500. The van der Waals surface area contributed by atoms with E-state index < -0.39 is 12.2 Å². The predicted octanol–water partition coefficient (Wildman–Crippen LogP) is 4.22. The number of rotatable bonds is 4. The first kappa shape index (κ1) is 24.0. The number of aromatic hydroxyl groups is 1. The van der Waals surface area contributed by atoms with Gasteiger partial charge in [-0.1, -0.05) is 48.7 Å². The number of piperidine rings is 2. The van der Waals surface area contributed by atoms with Gasteiger partial charge in [0, 0.05) is 23.2 Å². The number of phenolic OH excluding ortho intramolecular Hbond substituents is 1. The maximum Gasteiger partial charge on any atom is 0.129 e. The lowest BCUT2D eigenvalue weighted by Gasteiger charge is -2.28. The molecule has 4 rings (SSSR count). The molecule has 2 aromatic carbocycles. The summed E-state index contributed by atoms with van der Waals surface area (Å²) < 4.78 is 13.4. The molecule has 2 fully saturated rings. The molecule has 2 saturated heterocycles. The van der Waals surface area contributed by atoms with Crippen LogP contribution in [0.1, 0.15) is 61.9 Å². The Balaban J connectivity index is 0.000000176. The highest BCUT2D eigenvalue weighted by atomic mass is 35.5. The Morgan fingerprint density at radius 1 is 0.839 bits per heavy atom. The van der Waals surface area contributed by atoms with Crippen LogP contribution < -0.4 is 10.6 Å². The average Bonchev–Trinajstić information content (AvgIpc) is 2.80. The van der Waals surface area contributed by atoms with E-state index in [9.17, 15) is 19.7 Å². The van der Waals surface area contributed by atoms with E-state index in [1.54, 1.807) is 30.3 Å². The Kier molecular flexibility index (Phi) is 9.11. The van der Waals surface area contributed by atoms with Gasteiger partial charge in [-0.25, -0.2) is 4.39 Å². The molecule has 0 aliphatic carbocycles. The number of hydrogen-bond acceptors (Lipinski definition) is 5. The highest BCUT2D eigenvalue weighted by Gasteiger charge is 2.25. The molecule has 2 aliphatic rings. The highest BCUT2D eigenvalue weighted by molar-refractivity contribution is 6.31. The van der Waals surface area contributed by atoms with Crippen LogP contribution in [0.25, 0.3) is 0 Å². The van der Waals surface area contributed by atoms with E-state index in [0.717, 1.165) is 51.6 Å². The Bertz CT molecular complexity index is 826. The molecule has 0 saturated carbocycles. The molecule has 31 heavy (non-hydrogen) atoms. The molecule has 0 bridgehead atoms. The van der Waals surface area contributed by atoms with Crippen molar-refractivity contribution in [3.05, 3.63) is 64.4 Å². The summed E-state index contributed by atoms with van der Waals surface area (Å²) in [6, 6.07) is 11.2. The van der Waals surface area contributed by atoms with Gasteiger partial charge in [0.1, 0.15) is 11.6 Å². The summed E-state index contributed by atoms with van der Waals surface area (Å²) >= 11 is 6.00. The summed E-state index contributed by atoms with van der Waals surface area (Å²) in [5.74, 6) is -0.199. The third kappa shape index (κ3) is 6.64. The summed E-state index contributed by atoms with van der Waals surface area (Å²) in [5.41, 5.74) is 1.08. The molecule has 4 unspecified atom stereocenters. The number of phenols is 1. The topological polar surface area (TPSA) is 84.8 Å². The van der Waals surface area contributed by atoms with Crippen LogP contribution in [0.4, 0.5) is 4.39 Å². The molecular weight excluding hydrogens is 419 g/mol. The minimum Gasteiger partial charge on any atom is -0.508 e. The van der Waals surface area contributed by atoms with E-state index in [-0.39, 0.29) is 23.7 Å². The van der Waals surface area contributed by atoms with E-state index in [2.05, 4.69) is 10.6 Å². The molecule has 5 nitrogen and oxygen atoms in total. The zero-order valence-corrected chi connectivity index (χ0v) is 18.4. The monoisotopic (exact) mass is 450 g/mol. The van der Waals surface area contributed by atoms with Gasteiger partial charge in [0.15, 0.2) is 0 Å². The molecular formula is C24H32ClFN2O3. The van der Waals surface area contributed by atoms with Crippen molar-refractivity contribution in [2.24, 2.45) is 0 Å². The molecule has 170 valence electrons. The normalized spacial score (nSPS) is 23.4. The minimum atomic E-state index is -0.730. The van der Waals surface area contributed by atoms with Crippen LogP contribution in [0, 0.1) is 5.82 Å². The Hall–Kier alpha value is -1.70. The zero-order valence-electron chi connectivity index (χ0n) is 17.6. The zero-order chi connectivity index (χ0) is 22.2. The predicted molar refractivity (Wildman–Crippen MR) is 121 cm³/mol. The standard InChI is InChI=1S/C12H16ClNO2.C12H16FNO/c13-10-7-8(15)4-5-9(10)12(16)11-3-1-2-6-14-11;13-10-6-2-1-5-9(10)12(15)11-7-3-4-8-14-11/h4-5,7,11-12,14-16H,1-3,6H2;1-2,5-6,11-12,14-15H,3-4,7-8H2. The van der Waals surface area contributed by atoms with Crippen molar-refractivity contribution in [3.63, 3.8) is 0 Å². The summed E-state index contributed by atoms with van der Waals surface area (Å²) in [6.07, 6.45) is 5.06. The van der Waals surface area contributed by atoms with Crippen LogP contribution in [-0.4, -0.2) is 40.5 Å². The second-order valence-corrected chi connectivity index (χ2v) is 8.64. The van der Waals surface area contributed by atoms with E-state index >= 15 is 0 Å². The largest absolute Gasteiger partial charge is 0.508 e. The van der Waals surface area contributed by atoms with E-state index in [0.29, 0.717) is 16.1 Å². The maximum atomic E-state index is 13.4. The lowest BCUT2D eigenvalue weighted by Crippen LogP contribution is -2.39. The van der Waals surface area contributed by atoms with Gasteiger partial charge in [-0.3, -0.25) is 0 Å². The first-order valence-electron chi connectivity index (χ1n) is 11.0. The van der Waals surface area contributed by atoms with E-state index in [1.165, 1.54) is 12.1 Å². The quantitative estimate of drug-likeness (QED) is 0.481. The van der Waals surface area contributed by atoms with Crippen molar-refractivity contribution in [3.8, 4) is 5.75 Å². The summed E-state index contributed by atoms with van der Waals surface area (Å²) in [6.45, 7) is 1.85. The molecule has 2 heterocycles. The number of benzene rings is 2. The first-order valence-corrected chi connectivity index (χ1v) is 11.4. The van der Waals surface area contributed by atoms with Crippen LogP contribution in [-0.2, 0) is 0 Å². The van der Waals surface area contributed by atoms with E-state index in [4.69, 9.17) is 11.6 Å². The number of halogens is 2. The summed E-state index contributed by atoms with van der Waals surface area (Å²) in [4.78, 5) is 0. The molecule has 4 atom stereocenters. The second kappa shape index (κ2) is 11.8. The van der Waals surface area contributed by atoms with Gasteiger partial charge in [-0.15, -0.1) is 0 Å². The second-order valence-electron chi connectivity index (χ2n) is 8.23. The van der Waals surface area contributed by atoms with Gasteiger partial charge in [-0.05, 0) is 57.0 Å². The summed E-state index contributed by atoms with van der Waals surface area (Å²) in [7, 11) is 0. The van der Waals surface area contributed by atoms with Crippen molar-refractivity contribution in [2.75, 3.05) is 13.1 Å². The number of aliphatic hydroxyl groups excluding tert-OH is 2. The van der Waals surface area contributed by atoms with Crippen molar-refractivity contribution in [2.45, 2.75) is 62.8 Å². The molecule has 2 aliphatic heterocycles. The van der Waals surface area contributed by atoms with Gasteiger partial charge in [0.05, 0.1) is 17.2 Å². The van der Waals surface area contributed by atoms with Gasteiger partial charge in [0.25, 0.3) is 0 Å². The number of nitrogens with one attached hydrogen (secondary N) is 2. The van der Waals surface area contributed by atoms with Crippen LogP contribution in [0.2, 0.25) is 5.02 Å². The maximum absolute atomic E-state index is 13.4. The number of hydrogen-bond donors (Lipinski definition) is 5. The van der Waals surface area contributed by atoms with E-state index in [1.807, 2.05) is 0 Å². The minimum absolute atomic E-state index is 0.00403. The SMILES string of the molecule is OC(c1ccccc1F)C1CCCCN1.Oc1ccc(C(O)C2CCCCN2)c(Cl)c1. The van der Waals surface area contributed by atoms with Crippen LogP contribution in [0.15, 0.2) is 42.5 Å². The molecule has 7 heteroatoms. The fourth-order valence-electron chi connectivity index (χ4n) is 4.20. The summed E-state index contributed by atoms with van der Waals surface area (Å²) in [5, 5.41) is 36.4. The van der Waals surface area contributed by atoms with Crippen molar-refractivity contribution < 1.29 is 19.7 Å². The van der Waals surface area contributed by atoms with Crippen molar-refractivity contribution in [1.82, 2.24) is 10.6 Å². The van der Waals surface area contributed by atoms with Crippen LogP contribution in [0.3, 0.4) is 0 Å². The molecule has 0 spiro atoms. The van der Waals surface area contributed by atoms with Gasteiger partial charge < -0.3 is 26.0 Å². The van der Waals surface area contributed by atoms with Gasteiger partial charge >= 0.3 is 0 Å². The highest BCUT2D eigenvalue weighted by Crippen LogP contribution is 2.30.